The monoisotopic (exact) mass is 408 g/mol. The summed E-state index contributed by atoms with van der Waals surface area (Å²) in [6.07, 6.45) is 0. The van der Waals surface area contributed by atoms with E-state index in [9.17, 15) is 0 Å². The van der Waals surface area contributed by atoms with Crippen molar-refractivity contribution in [1.82, 2.24) is 0 Å². The topological polar surface area (TPSA) is 232 Å². The first-order valence-electron chi connectivity index (χ1n) is 2.05. The molecule has 96 valence electrons. The normalized spacial score (nSPS) is 9.67. The van der Waals surface area contributed by atoms with Crippen LogP contribution in [0.3, 0.4) is 0 Å². The number of hydrogen-bond donors (Lipinski definition) is 3. The molecule has 0 aromatic heterocycles. The molecular weight excluding hydrogens is 405 g/mol. The maximum absolute atomic E-state index is 8.63. The smallest absolute Gasteiger partial charge is 0.726 e. The fourth-order valence-corrected chi connectivity index (χ4v) is 0. The minimum atomic E-state index is -4.92. The van der Waals surface area contributed by atoms with Gasteiger partial charge in [0.25, 0.3) is 0 Å². The summed E-state index contributed by atoms with van der Waals surface area (Å²) in [5.74, 6) is 0. The predicted octanol–water partition coefficient (Wildman–Crippen LogP) is -12.0. The summed E-state index contributed by atoms with van der Waals surface area (Å²) < 4.78 is 98.5. The molecule has 0 aromatic rings. The van der Waals surface area contributed by atoms with Crippen molar-refractivity contribution in [3.05, 3.63) is 0 Å². The van der Waals surface area contributed by atoms with Crippen molar-refractivity contribution in [2.24, 2.45) is 0 Å². The molecule has 0 spiro atoms. The second-order valence-electron chi connectivity index (χ2n) is 1.28. The van der Waals surface area contributed by atoms with E-state index in [4.69, 9.17) is 52.6 Å². The molecule has 0 aromatic carbocycles. The molecule has 0 aliphatic rings. The molecule has 0 rings (SSSR count). The van der Waals surface area contributed by atoms with Crippen molar-refractivity contribution in [3.8, 4) is 0 Å². The standard InChI is InChI=1S/3K.3H2O4S/c;;;3*1-5(2,3)4/h;;;3*(H2,1,2,3,4)/q3*+1;;;/p-3. The minimum Gasteiger partial charge on any atom is -0.726 e. The third-order valence-corrected chi connectivity index (χ3v) is 0. The first kappa shape index (κ1) is 38.2. The van der Waals surface area contributed by atoms with E-state index in [0.717, 1.165) is 0 Å². The molecule has 0 heterocycles. The molecule has 18 heavy (non-hydrogen) atoms. The molecule has 0 radical (unpaired) electrons. The Morgan fingerprint density at radius 3 is 0.500 bits per heavy atom. The van der Waals surface area contributed by atoms with Crippen LogP contribution in [0, 0.1) is 0 Å². The van der Waals surface area contributed by atoms with Crippen LogP contribution >= 0.6 is 0 Å². The van der Waals surface area contributed by atoms with E-state index >= 15 is 0 Å². The van der Waals surface area contributed by atoms with Gasteiger partial charge in [0.1, 0.15) is 0 Å². The van der Waals surface area contributed by atoms with Gasteiger partial charge in [0, 0.05) is 0 Å². The Morgan fingerprint density at radius 1 is 0.500 bits per heavy atom. The molecule has 0 bridgehead atoms. The quantitative estimate of drug-likeness (QED) is 0.192. The zero-order chi connectivity index (χ0) is 13.5. The van der Waals surface area contributed by atoms with Crippen molar-refractivity contribution in [2.75, 3.05) is 0 Å². The van der Waals surface area contributed by atoms with Crippen LogP contribution in [0.5, 0.6) is 0 Å². The van der Waals surface area contributed by atoms with E-state index in [1.165, 1.54) is 0 Å². The summed E-state index contributed by atoms with van der Waals surface area (Å²) in [4.78, 5) is 0. The molecule has 12 nitrogen and oxygen atoms in total. The van der Waals surface area contributed by atoms with E-state index in [0.29, 0.717) is 0 Å². The van der Waals surface area contributed by atoms with Crippen molar-refractivity contribution in [3.63, 3.8) is 0 Å². The molecule has 0 atom stereocenters. The summed E-state index contributed by atoms with van der Waals surface area (Å²) in [5.41, 5.74) is 0. The van der Waals surface area contributed by atoms with E-state index in [1.54, 1.807) is 0 Å². The van der Waals surface area contributed by atoms with Crippen LogP contribution in [0.2, 0.25) is 0 Å². The molecule has 18 heteroatoms. The number of rotatable bonds is 0. The third-order valence-electron chi connectivity index (χ3n) is 0. The van der Waals surface area contributed by atoms with Gasteiger partial charge in [0.15, 0.2) is 0 Å². The molecule has 0 saturated heterocycles. The second-order valence-corrected chi connectivity index (χ2v) is 3.85. The van der Waals surface area contributed by atoms with E-state index in [2.05, 4.69) is 0 Å². The van der Waals surface area contributed by atoms with Crippen molar-refractivity contribution in [1.29, 1.82) is 0 Å². The van der Waals surface area contributed by atoms with Crippen LogP contribution < -0.4 is 154 Å². The van der Waals surface area contributed by atoms with Crippen LogP contribution in [-0.2, 0) is 31.2 Å². The van der Waals surface area contributed by atoms with Gasteiger partial charge in [-0.15, -0.1) is 0 Å². The molecule has 0 amide bonds. The van der Waals surface area contributed by atoms with Crippen molar-refractivity contribution < 1.29 is 207 Å². The summed E-state index contributed by atoms with van der Waals surface area (Å²) in [6, 6.07) is 0. The molecule has 0 aliphatic carbocycles. The zero-order valence-electron chi connectivity index (χ0n) is 9.24. The Kier molecular flexibility index (Phi) is 37.9. The summed E-state index contributed by atoms with van der Waals surface area (Å²) >= 11 is 0. The zero-order valence-corrected chi connectivity index (χ0v) is 21.1. The van der Waals surface area contributed by atoms with Crippen LogP contribution in [0.4, 0.5) is 0 Å². The van der Waals surface area contributed by atoms with Gasteiger partial charge in [-0.2, -0.15) is 0 Å². The summed E-state index contributed by atoms with van der Waals surface area (Å²) in [6.45, 7) is 0. The molecule has 0 unspecified atom stereocenters. The predicted molar refractivity (Wildman–Crippen MR) is 37.0 cm³/mol. The van der Waals surface area contributed by atoms with Gasteiger partial charge in [0.05, 0.1) is 0 Å². The van der Waals surface area contributed by atoms with E-state index in [-0.39, 0.29) is 154 Å². The van der Waals surface area contributed by atoms with Crippen LogP contribution in [0.15, 0.2) is 0 Å². The summed E-state index contributed by atoms with van der Waals surface area (Å²) in [7, 11) is -14.7. The Morgan fingerprint density at radius 2 is 0.500 bits per heavy atom. The molecule has 0 fully saturated rings. The minimum absolute atomic E-state index is 0. The Bertz CT molecular complexity index is 343. The second kappa shape index (κ2) is 17.9. The maximum Gasteiger partial charge on any atom is 1.00 e. The van der Waals surface area contributed by atoms with Gasteiger partial charge >= 0.3 is 154 Å². The Balaban J connectivity index is -0.0000000277. The molecule has 3 N–H and O–H groups in total. The number of hydrogen-bond acceptors (Lipinski definition) is 9. The van der Waals surface area contributed by atoms with Gasteiger partial charge in [-0.25, -0.2) is 25.3 Å². The fraction of sp³-hybridized carbons (Fsp3) is 0. The van der Waals surface area contributed by atoms with E-state index < -0.39 is 31.2 Å². The van der Waals surface area contributed by atoms with E-state index in [1.807, 2.05) is 0 Å². The van der Waals surface area contributed by atoms with Gasteiger partial charge < -0.3 is 13.7 Å². The van der Waals surface area contributed by atoms with Gasteiger partial charge in [0.2, 0.25) is 31.2 Å². The molecule has 0 saturated carbocycles. The average Bonchev–Trinajstić information content (AvgIpc) is 1.41. The SMILES string of the molecule is O=S(=O)([O-])O.O=S(=O)([O-])O.O=S(=O)([O-])O.[K+].[K+].[K+]. The molecule has 0 aliphatic heterocycles. The first-order valence-corrected chi connectivity index (χ1v) is 6.14. The van der Waals surface area contributed by atoms with Gasteiger partial charge in [-0.3, -0.25) is 13.7 Å². The van der Waals surface area contributed by atoms with Gasteiger partial charge in [-0.05, 0) is 0 Å². The maximum atomic E-state index is 8.63. The largest absolute Gasteiger partial charge is 1.00 e. The van der Waals surface area contributed by atoms with Crippen LogP contribution in [-0.4, -0.2) is 52.6 Å². The third kappa shape index (κ3) is 383. The van der Waals surface area contributed by atoms with Crippen LogP contribution in [0.25, 0.3) is 0 Å². The average molecular weight is 409 g/mol. The first-order chi connectivity index (χ1) is 6.00. The fourth-order valence-electron chi connectivity index (χ4n) is 0. The van der Waals surface area contributed by atoms with Gasteiger partial charge in [-0.1, -0.05) is 0 Å². The Labute approximate surface area is 231 Å². The van der Waals surface area contributed by atoms with Crippen LogP contribution in [0.1, 0.15) is 0 Å². The Hall–Kier alpha value is 4.52. The summed E-state index contributed by atoms with van der Waals surface area (Å²) in [5, 5.41) is 0. The van der Waals surface area contributed by atoms with Crippen molar-refractivity contribution in [2.45, 2.75) is 0 Å². The molecular formula is H3K3O12S3. The van der Waals surface area contributed by atoms with Crippen molar-refractivity contribution >= 4 is 31.2 Å².